The maximum absolute atomic E-state index is 14.8. The van der Waals surface area contributed by atoms with Crippen molar-refractivity contribution < 1.29 is 33.8 Å². The number of halogens is 1. The average molecular weight is 655 g/mol. The van der Waals surface area contributed by atoms with Crippen molar-refractivity contribution in [3.8, 4) is 16.9 Å². The van der Waals surface area contributed by atoms with E-state index >= 15 is 0 Å². The Labute approximate surface area is 277 Å². The van der Waals surface area contributed by atoms with Crippen molar-refractivity contribution in [2.45, 2.75) is 71.4 Å². The van der Waals surface area contributed by atoms with Crippen LogP contribution in [0.2, 0.25) is 0 Å². The van der Waals surface area contributed by atoms with Crippen LogP contribution >= 0.6 is 0 Å². The number of ether oxygens (including phenoxy) is 1. The average Bonchev–Trinajstić information content (AvgIpc) is 3.40. The first-order valence-electron chi connectivity index (χ1n) is 16.7. The molecule has 2 aromatic rings. The zero-order valence-corrected chi connectivity index (χ0v) is 28.6. The Morgan fingerprint density at radius 2 is 1.96 bits per heavy atom. The molecule has 0 spiro atoms. The highest BCUT2D eigenvalue weighted by Crippen LogP contribution is 2.61. The van der Waals surface area contributed by atoms with E-state index in [4.69, 9.17) is 9.57 Å². The molecular weight excluding hydrogens is 603 g/mol. The number of aliphatic hydroxyl groups is 2. The molecule has 0 unspecified atom stereocenters. The number of aliphatic hydroxyl groups excluding tert-OH is 2. The number of carbonyl (C=O) groups excluding carboxylic acids is 2. The Hall–Kier alpha value is -3.09. The van der Waals surface area contributed by atoms with Crippen LogP contribution in [0.15, 0.2) is 36.4 Å². The summed E-state index contributed by atoms with van der Waals surface area (Å²) in [5, 5.41) is 28.6. The predicted octanol–water partition coefficient (Wildman–Crippen LogP) is 3.45. The van der Waals surface area contributed by atoms with Crippen LogP contribution in [-0.4, -0.2) is 97.2 Å². The van der Waals surface area contributed by atoms with Crippen LogP contribution in [0.1, 0.15) is 56.5 Å². The molecule has 0 aromatic heterocycles. The number of nitrogens with zero attached hydrogens (tertiary/aromatic N) is 2. The molecule has 1 heterocycles. The number of methoxy groups -OCH3 is 1. The van der Waals surface area contributed by atoms with Crippen molar-refractivity contribution in [1.29, 1.82) is 0 Å². The molecule has 3 aliphatic carbocycles. The summed E-state index contributed by atoms with van der Waals surface area (Å²) in [7, 11) is 5.31. The number of likely N-dealkylation sites (N-methyl/N-ethyl adjacent to an activating group) is 1. The standard InChI is InChI=1S/C36H51FN4O6/c1-20-27-16-24(36(27,3)4)17-29(20)39-35(45)32-31(21(2)43)30(19-42)47-41(32)18-23-9-8-10-25(33(23)46-7)22-11-12-28(37)26(15-22)34(44)38-13-14-40(5)6/h8-12,15,20-21,24,27,29-32,42-43H,13-14,16-19H2,1-7H3,(H,38,44)(H,39,45)/t20-,21-,24-,27+,29-,30-,31+,32-/m0/s1. The number of hydroxylamine groups is 2. The maximum Gasteiger partial charge on any atom is 0.254 e. The first-order valence-corrected chi connectivity index (χ1v) is 16.7. The van der Waals surface area contributed by atoms with Crippen molar-refractivity contribution in [3.05, 3.63) is 53.3 Å². The van der Waals surface area contributed by atoms with E-state index in [1.807, 2.05) is 37.2 Å². The minimum atomic E-state index is -0.918. The molecule has 10 nitrogen and oxygen atoms in total. The SMILES string of the molecule is COc1c(CN2O[C@@H](CO)[C@@H]([C@H](C)O)[C@H]2C(=O)N[C@H]2C[C@@H]3C[C@H]([C@@H]2C)C3(C)C)cccc1-c1ccc(F)c(C(=O)NCCN(C)C)c1. The third-order valence-electron chi connectivity index (χ3n) is 11.1. The summed E-state index contributed by atoms with van der Waals surface area (Å²) < 4.78 is 20.7. The lowest BCUT2D eigenvalue weighted by Crippen LogP contribution is -2.62. The Bertz CT molecular complexity index is 1450. The Balaban J connectivity index is 1.40. The minimum absolute atomic E-state index is 0.0227. The zero-order valence-electron chi connectivity index (χ0n) is 28.6. The second-order valence-electron chi connectivity index (χ2n) is 14.5. The van der Waals surface area contributed by atoms with Crippen molar-refractivity contribution in [2.75, 3.05) is 40.9 Å². The molecule has 4 N–H and O–H groups in total. The van der Waals surface area contributed by atoms with E-state index in [9.17, 15) is 24.2 Å². The number of carbonyl (C=O) groups is 2. The first-order chi connectivity index (χ1) is 22.3. The van der Waals surface area contributed by atoms with Crippen LogP contribution in [0.4, 0.5) is 4.39 Å². The molecular formula is C36H51FN4O6. The topological polar surface area (TPSA) is 124 Å². The van der Waals surface area contributed by atoms with Gasteiger partial charge in [0.25, 0.3) is 5.91 Å². The summed E-state index contributed by atoms with van der Waals surface area (Å²) in [5.74, 6) is -0.128. The Morgan fingerprint density at radius 3 is 2.57 bits per heavy atom. The highest BCUT2D eigenvalue weighted by Gasteiger charge is 2.57. The van der Waals surface area contributed by atoms with Gasteiger partial charge in [0.05, 0.1) is 31.9 Å². The van der Waals surface area contributed by atoms with Crippen LogP contribution in [0.5, 0.6) is 5.75 Å². The maximum atomic E-state index is 14.8. The molecule has 47 heavy (non-hydrogen) atoms. The van der Waals surface area contributed by atoms with Crippen LogP contribution in [0.3, 0.4) is 0 Å². The Morgan fingerprint density at radius 1 is 1.21 bits per heavy atom. The monoisotopic (exact) mass is 654 g/mol. The normalized spacial score (nSPS) is 28.9. The van der Waals surface area contributed by atoms with Gasteiger partial charge in [-0.2, -0.15) is 5.06 Å². The quantitative estimate of drug-likeness (QED) is 0.275. The fourth-order valence-electron chi connectivity index (χ4n) is 8.18. The molecule has 3 saturated carbocycles. The largest absolute Gasteiger partial charge is 0.496 e. The van der Waals surface area contributed by atoms with Crippen LogP contribution in [0.25, 0.3) is 11.1 Å². The van der Waals surface area contributed by atoms with E-state index < -0.39 is 35.9 Å². The van der Waals surface area contributed by atoms with Gasteiger partial charge in [-0.3, -0.25) is 14.4 Å². The van der Waals surface area contributed by atoms with Gasteiger partial charge in [-0.1, -0.05) is 45.0 Å². The predicted molar refractivity (Wildman–Crippen MR) is 177 cm³/mol. The van der Waals surface area contributed by atoms with Crippen molar-refractivity contribution in [3.63, 3.8) is 0 Å². The number of hydrogen-bond acceptors (Lipinski definition) is 8. The van der Waals surface area contributed by atoms with Gasteiger partial charge in [-0.25, -0.2) is 4.39 Å². The van der Waals surface area contributed by atoms with Gasteiger partial charge in [0.15, 0.2) is 0 Å². The fraction of sp³-hybridized carbons (Fsp3) is 0.611. The van der Waals surface area contributed by atoms with E-state index in [0.29, 0.717) is 53.3 Å². The van der Waals surface area contributed by atoms with E-state index in [1.54, 1.807) is 18.1 Å². The molecule has 1 saturated heterocycles. The lowest BCUT2D eigenvalue weighted by atomic mass is 9.45. The molecule has 8 atom stereocenters. The molecule has 0 radical (unpaired) electrons. The number of benzene rings is 2. The molecule has 11 heteroatoms. The minimum Gasteiger partial charge on any atom is -0.496 e. The van der Waals surface area contributed by atoms with Crippen molar-refractivity contribution >= 4 is 11.8 Å². The summed E-state index contributed by atoms with van der Waals surface area (Å²) in [4.78, 5) is 35.0. The lowest BCUT2D eigenvalue weighted by molar-refractivity contribution is -0.183. The number of hydrogen-bond donors (Lipinski definition) is 4. The van der Waals surface area contributed by atoms with Gasteiger partial charge in [0.1, 0.15) is 23.7 Å². The van der Waals surface area contributed by atoms with Gasteiger partial charge in [-0.15, -0.1) is 0 Å². The summed E-state index contributed by atoms with van der Waals surface area (Å²) >= 11 is 0. The van der Waals surface area contributed by atoms with E-state index in [1.165, 1.54) is 25.7 Å². The third-order valence-corrected chi connectivity index (χ3v) is 11.1. The molecule has 2 bridgehead atoms. The summed E-state index contributed by atoms with van der Waals surface area (Å²) in [6.45, 7) is 9.21. The van der Waals surface area contributed by atoms with Gasteiger partial charge in [-0.05, 0) is 74.7 Å². The number of amides is 2. The van der Waals surface area contributed by atoms with Gasteiger partial charge in [0, 0.05) is 36.2 Å². The van der Waals surface area contributed by atoms with E-state index in [0.717, 1.165) is 6.42 Å². The van der Waals surface area contributed by atoms with Crippen molar-refractivity contribution in [2.24, 2.45) is 29.1 Å². The second-order valence-corrected chi connectivity index (χ2v) is 14.5. The molecule has 2 amide bonds. The first kappa shape index (κ1) is 35.2. The molecule has 258 valence electrons. The van der Waals surface area contributed by atoms with E-state index in [2.05, 4.69) is 31.4 Å². The summed E-state index contributed by atoms with van der Waals surface area (Å²) in [5.41, 5.74) is 2.10. The van der Waals surface area contributed by atoms with Crippen molar-refractivity contribution in [1.82, 2.24) is 20.6 Å². The van der Waals surface area contributed by atoms with Crippen LogP contribution in [-0.2, 0) is 16.2 Å². The van der Waals surface area contributed by atoms with Gasteiger partial charge in [0.2, 0.25) is 5.91 Å². The summed E-state index contributed by atoms with van der Waals surface area (Å²) in [6.07, 6.45) is 0.408. The molecule has 4 fully saturated rings. The van der Waals surface area contributed by atoms with Crippen LogP contribution < -0.4 is 15.4 Å². The number of para-hydroxylation sites is 1. The number of nitrogens with one attached hydrogen (secondary N) is 2. The molecule has 6 rings (SSSR count). The number of rotatable bonds is 12. The Kier molecular flexibility index (Phi) is 10.6. The smallest absolute Gasteiger partial charge is 0.254 e. The highest BCUT2D eigenvalue weighted by molar-refractivity contribution is 5.96. The molecule has 1 aliphatic heterocycles. The highest BCUT2D eigenvalue weighted by atomic mass is 19.1. The van der Waals surface area contributed by atoms with E-state index in [-0.39, 0.29) is 36.1 Å². The third kappa shape index (κ3) is 6.91. The molecule has 4 aliphatic rings. The van der Waals surface area contributed by atoms with Gasteiger partial charge < -0.3 is 30.5 Å². The lowest BCUT2D eigenvalue weighted by Gasteiger charge is -2.62. The van der Waals surface area contributed by atoms with Crippen LogP contribution in [0, 0.1) is 34.9 Å². The number of fused-ring (bicyclic) bond motifs is 2. The summed E-state index contributed by atoms with van der Waals surface area (Å²) in [6, 6.07) is 9.03. The van der Waals surface area contributed by atoms with Gasteiger partial charge >= 0.3 is 0 Å². The second kappa shape index (κ2) is 14.2. The molecule has 2 aromatic carbocycles. The zero-order chi connectivity index (χ0) is 34.2. The fourth-order valence-corrected chi connectivity index (χ4v) is 8.18.